The van der Waals surface area contributed by atoms with Crippen molar-refractivity contribution < 1.29 is 4.42 Å². The molecule has 0 spiro atoms. The minimum Gasteiger partial charge on any atom is -0.406 e. The highest BCUT2D eigenvalue weighted by molar-refractivity contribution is 9.11. The lowest BCUT2D eigenvalue weighted by Crippen LogP contribution is -2.13. The molecule has 2 rings (SSSR count). The van der Waals surface area contributed by atoms with Gasteiger partial charge in [-0.15, -0.1) is 5.10 Å². The van der Waals surface area contributed by atoms with Crippen LogP contribution >= 0.6 is 31.9 Å². The van der Waals surface area contributed by atoms with Gasteiger partial charge in [-0.25, -0.2) is 0 Å². The molecule has 0 saturated carbocycles. The van der Waals surface area contributed by atoms with Crippen molar-refractivity contribution in [2.75, 3.05) is 11.9 Å². The molecule has 0 fully saturated rings. The third-order valence-electron chi connectivity index (χ3n) is 2.36. The van der Waals surface area contributed by atoms with E-state index in [4.69, 9.17) is 4.42 Å². The summed E-state index contributed by atoms with van der Waals surface area (Å²) in [6.45, 7) is 3.62. The van der Waals surface area contributed by atoms with Crippen LogP contribution < -0.4 is 10.6 Å². The number of hydrogen-bond donors (Lipinski definition) is 2. The minimum absolute atomic E-state index is 0.376. The summed E-state index contributed by atoms with van der Waals surface area (Å²) in [5, 5.41) is 14.2. The van der Waals surface area contributed by atoms with Crippen LogP contribution in [0, 0.1) is 0 Å². The second-order valence-electron chi connectivity index (χ2n) is 3.90. The molecular weight excluding hydrogens is 376 g/mol. The summed E-state index contributed by atoms with van der Waals surface area (Å²) >= 11 is 6.94. The monoisotopic (exact) mass is 388 g/mol. The second-order valence-corrected chi connectivity index (χ2v) is 5.61. The van der Waals surface area contributed by atoms with Gasteiger partial charge in [0.1, 0.15) is 0 Å². The van der Waals surface area contributed by atoms with Gasteiger partial charge in [0.2, 0.25) is 5.89 Å². The lowest BCUT2D eigenvalue weighted by atomic mass is 10.3. The fourth-order valence-electron chi connectivity index (χ4n) is 1.47. The Balaban J connectivity index is 2.03. The molecule has 1 heterocycles. The molecule has 0 aliphatic rings. The molecule has 0 amide bonds. The molecule has 0 saturated heterocycles. The van der Waals surface area contributed by atoms with Gasteiger partial charge in [-0.3, -0.25) is 0 Å². The number of aromatic nitrogens is 2. The van der Waals surface area contributed by atoms with Crippen molar-refractivity contribution in [3.8, 4) is 0 Å². The van der Waals surface area contributed by atoms with Gasteiger partial charge in [0.15, 0.2) is 0 Å². The number of anilines is 2. The Morgan fingerprint density at radius 2 is 1.95 bits per heavy atom. The van der Waals surface area contributed by atoms with Crippen molar-refractivity contribution in [2.45, 2.75) is 19.9 Å². The first-order valence-corrected chi connectivity index (χ1v) is 7.53. The number of nitrogens with zero attached hydrogens (tertiary/aromatic N) is 2. The summed E-state index contributed by atoms with van der Waals surface area (Å²) in [7, 11) is 0. The van der Waals surface area contributed by atoms with Crippen LogP contribution in [0.4, 0.5) is 11.7 Å². The zero-order valence-electron chi connectivity index (χ0n) is 10.4. The van der Waals surface area contributed by atoms with Gasteiger partial charge >= 0.3 is 6.01 Å². The predicted molar refractivity (Wildman–Crippen MR) is 81.4 cm³/mol. The van der Waals surface area contributed by atoms with Gasteiger partial charge < -0.3 is 15.1 Å². The first-order valence-electron chi connectivity index (χ1n) is 5.95. The molecule has 102 valence electrons. The van der Waals surface area contributed by atoms with Crippen LogP contribution in [-0.4, -0.2) is 16.7 Å². The van der Waals surface area contributed by atoms with E-state index in [1.54, 1.807) is 0 Å². The molecule has 5 nitrogen and oxygen atoms in total. The van der Waals surface area contributed by atoms with E-state index >= 15 is 0 Å². The number of nitrogens with one attached hydrogen (secondary N) is 2. The van der Waals surface area contributed by atoms with Crippen LogP contribution in [0.1, 0.15) is 19.2 Å². The topological polar surface area (TPSA) is 63.0 Å². The van der Waals surface area contributed by atoms with Crippen molar-refractivity contribution in [2.24, 2.45) is 0 Å². The molecule has 19 heavy (non-hydrogen) atoms. The van der Waals surface area contributed by atoms with Gasteiger partial charge in [0, 0.05) is 8.95 Å². The Labute approximate surface area is 128 Å². The third kappa shape index (κ3) is 4.02. The van der Waals surface area contributed by atoms with Crippen molar-refractivity contribution in [1.29, 1.82) is 0 Å². The number of rotatable bonds is 6. The molecule has 0 radical (unpaired) electrons. The lowest BCUT2D eigenvalue weighted by molar-refractivity contribution is 0.479. The summed E-state index contributed by atoms with van der Waals surface area (Å²) in [5.74, 6) is 0.569. The Bertz CT molecular complexity index is 524. The maximum absolute atomic E-state index is 5.51. The second kappa shape index (κ2) is 7.02. The van der Waals surface area contributed by atoms with E-state index in [9.17, 15) is 0 Å². The maximum atomic E-state index is 5.51. The smallest absolute Gasteiger partial charge is 0.320 e. The number of hydrogen-bond acceptors (Lipinski definition) is 5. The normalized spacial score (nSPS) is 10.7. The van der Waals surface area contributed by atoms with Crippen LogP contribution in [0.25, 0.3) is 0 Å². The van der Waals surface area contributed by atoms with E-state index in [0.717, 1.165) is 27.6 Å². The van der Waals surface area contributed by atoms with Gasteiger partial charge in [0.25, 0.3) is 0 Å². The van der Waals surface area contributed by atoms with E-state index in [-0.39, 0.29) is 0 Å². The van der Waals surface area contributed by atoms with Gasteiger partial charge in [0.05, 0.1) is 12.2 Å². The fraction of sp³-hybridized carbons (Fsp3) is 0.333. The van der Waals surface area contributed by atoms with Crippen LogP contribution in [0.5, 0.6) is 0 Å². The molecule has 2 N–H and O–H groups in total. The first kappa shape index (κ1) is 14.5. The fourth-order valence-corrected chi connectivity index (χ4v) is 2.67. The van der Waals surface area contributed by atoms with E-state index in [0.29, 0.717) is 18.5 Å². The standard InChI is InChI=1S/C12H14Br2N4O/c1-2-6-15-7-10-17-18-12(19-10)16-11-8(13)4-3-5-9(11)14/h3-5,15H,2,6-7H2,1H3,(H,16,18). The van der Waals surface area contributed by atoms with Crippen molar-refractivity contribution in [3.63, 3.8) is 0 Å². The van der Waals surface area contributed by atoms with Crippen molar-refractivity contribution in [1.82, 2.24) is 15.5 Å². The third-order valence-corrected chi connectivity index (χ3v) is 3.69. The zero-order chi connectivity index (χ0) is 13.7. The first-order chi connectivity index (χ1) is 9.20. The molecule has 0 bridgehead atoms. The molecule has 2 aromatic rings. The van der Waals surface area contributed by atoms with E-state index < -0.39 is 0 Å². The molecule has 0 aliphatic carbocycles. The summed E-state index contributed by atoms with van der Waals surface area (Å²) in [5.41, 5.74) is 0.860. The summed E-state index contributed by atoms with van der Waals surface area (Å²) in [6, 6.07) is 6.19. The van der Waals surface area contributed by atoms with Crippen LogP contribution in [0.15, 0.2) is 31.6 Å². The summed E-state index contributed by atoms with van der Waals surface area (Å²) < 4.78 is 7.35. The highest BCUT2D eigenvalue weighted by Crippen LogP contribution is 2.32. The molecule has 0 aliphatic heterocycles. The molecule has 1 aromatic heterocycles. The quantitative estimate of drug-likeness (QED) is 0.735. The summed E-state index contributed by atoms with van der Waals surface area (Å²) in [6.07, 6.45) is 1.07. The molecule has 7 heteroatoms. The Morgan fingerprint density at radius 3 is 2.63 bits per heavy atom. The molecule has 0 atom stereocenters. The summed E-state index contributed by atoms with van der Waals surface area (Å²) in [4.78, 5) is 0. The van der Waals surface area contributed by atoms with Crippen LogP contribution in [0.2, 0.25) is 0 Å². The molecule has 0 unspecified atom stereocenters. The maximum Gasteiger partial charge on any atom is 0.320 e. The van der Waals surface area contributed by atoms with Crippen molar-refractivity contribution in [3.05, 3.63) is 33.0 Å². The van der Waals surface area contributed by atoms with E-state index in [2.05, 4.69) is 59.6 Å². The molecule has 1 aromatic carbocycles. The van der Waals surface area contributed by atoms with Gasteiger partial charge in [-0.05, 0) is 57.0 Å². The number of para-hydroxylation sites is 1. The Hall–Kier alpha value is -0.920. The van der Waals surface area contributed by atoms with E-state index in [1.165, 1.54) is 0 Å². The van der Waals surface area contributed by atoms with Gasteiger partial charge in [-0.2, -0.15) is 0 Å². The highest BCUT2D eigenvalue weighted by Gasteiger charge is 2.10. The predicted octanol–water partition coefficient (Wildman–Crippen LogP) is 3.84. The Kier molecular flexibility index (Phi) is 5.35. The molecular formula is C12H14Br2N4O. The average molecular weight is 390 g/mol. The number of benzene rings is 1. The minimum atomic E-state index is 0.376. The van der Waals surface area contributed by atoms with Gasteiger partial charge in [-0.1, -0.05) is 18.1 Å². The highest BCUT2D eigenvalue weighted by atomic mass is 79.9. The average Bonchev–Trinajstić information content (AvgIpc) is 2.82. The Morgan fingerprint density at radius 1 is 1.21 bits per heavy atom. The van der Waals surface area contributed by atoms with Crippen LogP contribution in [0.3, 0.4) is 0 Å². The largest absolute Gasteiger partial charge is 0.406 e. The number of halogens is 2. The zero-order valence-corrected chi connectivity index (χ0v) is 13.6. The lowest BCUT2D eigenvalue weighted by Gasteiger charge is -2.06. The van der Waals surface area contributed by atoms with Crippen LogP contribution in [-0.2, 0) is 6.54 Å². The SMILES string of the molecule is CCCNCc1nnc(Nc2c(Br)cccc2Br)o1. The van der Waals surface area contributed by atoms with E-state index in [1.807, 2.05) is 18.2 Å². The van der Waals surface area contributed by atoms with Crippen molar-refractivity contribution >= 4 is 43.6 Å².